The van der Waals surface area contributed by atoms with E-state index >= 15 is 0 Å². The Hall–Kier alpha value is -2.15. The normalized spacial score (nSPS) is 22.9. The Balaban J connectivity index is 1.68. The van der Waals surface area contributed by atoms with E-state index in [0.717, 1.165) is 30.1 Å². The molecule has 23 heavy (non-hydrogen) atoms. The molecule has 7 heteroatoms. The van der Waals surface area contributed by atoms with Crippen molar-refractivity contribution in [1.29, 1.82) is 0 Å². The molecule has 1 saturated carbocycles. The molecule has 0 spiro atoms. The second-order valence-electron chi connectivity index (χ2n) is 6.28. The fraction of sp³-hybridized carbons (Fsp3) is 0.562. The van der Waals surface area contributed by atoms with Crippen LogP contribution < -0.4 is 5.73 Å². The van der Waals surface area contributed by atoms with Crippen molar-refractivity contribution in [3.05, 3.63) is 52.0 Å². The summed E-state index contributed by atoms with van der Waals surface area (Å²) in [4.78, 5) is 15.2. The van der Waals surface area contributed by atoms with Gasteiger partial charge in [0.05, 0.1) is 12.3 Å². The molecule has 124 valence electrons. The van der Waals surface area contributed by atoms with Gasteiger partial charge in [0, 0.05) is 49.0 Å². The Bertz CT molecular complexity index is 657. The van der Waals surface area contributed by atoms with Crippen molar-refractivity contribution in [3.8, 4) is 0 Å². The van der Waals surface area contributed by atoms with Gasteiger partial charge >= 0.3 is 0 Å². The molecule has 1 atom stereocenters. The topological polar surface area (TPSA) is 100 Å². The summed E-state index contributed by atoms with van der Waals surface area (Å²) in [5.41, 5.74) is 7.38. The third kappa shape index (κ3) is 3.29. The maximum absolute atomic E-state index is 10.9. The summed E-state index contributed by atoms with van der Waals surface area (Å²) in [5.74, 6) is 2.00. The van der Waals surface area contributed by atoms with Crippen molar-refractivity contribution in [3.63, 3.8) is 0 Å². The van der Waals surface area contributed by atoms with Gasteiger partial charge in [-0.3, -0.25) is 10.1 Å². The quantitative estimate of drug-likeness (QED) is 0.674. The van der Waals surface area contributed by atoms with Crippen LogP contribution in [0.5, 0.6) is 0 Å². The molecule has 2 aromatic heterocycles. The highest BCUT2D eigenvalue weighted by Gasteiger charge is 2.31. The third-order valence-corrected chi connectivity index (χ3v) is 4.81. The molecular formula is C16H22N4O3. The molecule has 1 aliphatic carbocycles. The average Bonchev–Trinajstić information content (AvgIpc) is 3.17. The molecule has 1 fully saturated rings. The lowest BCUT2D eigenvalue weighted by molar-refractivity contribution is -0.526. The first-order valence-corrected chi connectivity index (χ1v) is 7.99. The van der Waals surface area contributed by atoms with Crippen LogP contribution in [0.15, 0.2) is 29.0 Å². The minimum atomic E-state index is -0.389. The summed E-state index contributed by atoms with van der Waals surface area (Å²) < 4.78 is 7.39. The van der Waals surface area contributed by atoms with Crippen molar-refractivity contribution in [2.45, 2.75) is 50.1 Å². The standard InChI is InChI=1S/C16H22N4O3/c1-19-15(11-4-6-12(7-5-11)20(21)22)10-18-16(19)14(17)9-13-3-2-8-23-13/h2-3,8,10-12,14H,4-7,9,17H2,1H3/t11?,12?,14-/m0/s1. The van der Waals surface area contributed by atoms with Gasteiger partial charge in [-0.2, -0.15) is 0 Å². The van der Waals surface area contributed by atoms with Gasteiger partial charge in [0.1, 0.15) is 11.6 Å². The van der Waals surface area contributed by atoms with Gasteiger partial charge in [-0.05, 0) is 25.0 Å². The van der Waals surface area contributed by atoms with Crippen molar-refractivity contribution in [2.24, 2.45) is 12.8 Å². The van der Waals surface area contributed by atoms with Crippen molar-refractivity contribution in [2.75, 3.05) is 0 Å². The zero-order valence-corrected chi connectivity index (χ0v) is 13.2. The molecule has 7 nitrogen and oxygen atoms in total. The molecule has 0 unspecified atom stereocenters. The number of hydrogen-bond acceptors (Lipinski definition) is 5. The largest absolute Gasteiger partial charge is 0.469 e. The highest BCUT2D eigenvalue weighted by Crippen LogP contribution is 2.34. The van der Waals surface area contributed by atoms with Crippen LogP contribution in [0.4, 0.5) is 0 Å². The van der Waals surface area contributed by atoms with Gasteiger partial charge in [0.15, 0.2) is 0 Å². The maximum atomic E-state index is 10.9. The van der Waals surface area contributed by atoms with E-state index in [0.29, 0.717) is 25.2 Å². The third-order valence-electron chi connectivity index (χ3n) is 4.81. The average molecular weight is 318 g/mol. The molecule has 1 aliphatic rings. The van der Waals surface area contributed by atoms with E-state index in [1.807, 2.05) is 29.9 Å². The van der Waals surface area contributed by atoms with Gasteiger partial charge in [0.2, 0.25) is 6.04 Å². The molecule has 2 aromatic rings. The van der Waals surface area contributed by atoms with Gasteiger partial charge in [-0.15, -0.1) is 0 Å². The second-order valence-corrected chi connectivity index (χ2v) is 6.28. The van der Waals surface area contributed by atoms with Crippen molar-refractivity contribution >= 4 is 0 Å². The molecule has 0 saturated heterocycles. The van der Waals surface area contributed by atoms with Crippen LogP contribution in [0, 0.1) is 10.1 Å². The highest BCUT2D eigenvalue weighted by molar-refractivity contribution is 5.15. The zero-order chi connectivity index (χ0) is 16.4. The first-order valence-electron chi connectivity index (χ1n) is 7.99. The smallest absolute Gasteiger partial charge is 0.213 e. The Morgan fingerprint density at radius 2 is 2.22 bits per heavy atom. The van der Waals surface area contributed by atoms with Crippen LogP contribution in [0.25, 0.3) is 0 Å². The van der Waals surface area contributed by atoms with Crippen LogP contribution in [-0.2, 0) is 13.5 Å². The van der Waals surface area contributed by atoms with Crippen molar-refractivity contribution < 1.29 is 9.34 Å². The summed E-state index contributed by atoms with van der Waals surface area (Å²) in [7, 11) is 1.97. The lowest BCUT2D eigenvalue weighted by atomic mass is 9.84. The van der Waals surface area contributed by atoms with Crippen LogP contribution in [0.3, 0.4) is 0 Å². The summed E-state index contributed by atoms with van der Waals surface area (Å²) in [6.07, 6.45) is 7.04. The van der Waals surface area contributed by atoms with Crippen LogP contribution in [0.2, 0.25) is 0 Å². The number of nitro groups is 1. The van der Waals surface area contributed by atoms with Crippen LogP contribution >= 0.6 is 0 Å². The Morgan fingerprint density at radius 1 is 1.48 bits per heavy atom. The van der Waals surface area contributed by atoms with E-state index in [2.05, 4.69) is 4.98 Å². The molecule has 2 heterocycles. The lowest BCUT2D eigenvalue weighted by Gasteiger charge is -2.24. The number of hydrogen-bond donors (Lipinski definition) is 1. The van der Waals surface area contributed by atoms with Gasteiger partial charge in [0.25, 0.3) is 0 Å². The molecule has 3 rings (SSSR count). The van der Waals surface area contributed by atoms with Gasteiger partial charge < -0.3 is 14.7 Å². The predicted molar refractivity (Wildman–Crippen MR) is 84.5 cm³/mol. The van der Waals surface area contributed by atoms with E-state index in [1.165, 1.54) is 0 Å². The molecule has 2 N–H and O–H groups in total. The number of imidazole rings is 1. The Kier molecular flexibility index (Phi) is 4.47. The first-order chi connectivity index (χ1) is 11.1. The monoisotopic (exact) mass is 318 g/mol. The highest BCUT2D eigenvalue weighted by atomic mass is 16.6. The summed E-state index contributed by atoms with van der Waals surface area (Å²) in [6.45, 7) is 0. The molecule has 0 bridgehead atoms. The number of nitrogens with two attached hydrogens (primary N) is 1. The second kappa shape index (κ2) is 6.54. The SMILES string of the molecule is Cn1c(C2CCC([N+](=O)[O-])CC2)cnc1[C@@H](N)Cc1ccco1. The summed E-state index contributed by atoms with van der Waals surface area (Å²) >= 11 is 0. The van der Waals surface area contributed by atoms with Gasteiger partial charge in [-0.1, -0.05) is 0 Å². The number of aromatic nitrogens is 2. The Labute approximate surface area is 134 Å². The summed E-state index contributed by atoms with van der Waals surface area (Å²) in [6, 6.07) is 3.14. The molecule has 0 radical (unpaired) electrons. The van der Waals surface area contributed by atoms with E-state index in [4.69, 9.17) is 10.2 Å². The molecule has 0 amide bonds. The van der Waals surface area contributed by atoms with E-state index in [-0.39, 0.29) is 17.0 Å². The summed E-state index contributed by atoms with van der Waals surface area (Å²) in [5, 5.41) is 10.9. The predicted octanol–water partition coefficient (Wildman–Crippen LogP) is 2.56. The fourth-order valence-electron chi connectivity index (χ4n) is 3.48. The first kappa shape index (κ1) is 15.7. The maximum Gasteiger partial charge on any atom is 0.213 e. The lowest BCUT2D eigenvalue weighted by Crippen LogP contribution is -2.26. The molecular weight excluding hydrogens is 296 g/mol. The van der Waals surface area contributed by atoms with E-state index < -0.39 is 0 Å². The van der Waals surface area contributed by atoms with Crippen LogP contribution in [0.1, 0.15) is 54.9 Å². The van der Waals surface area contributed by atoms with Crippen LogP contribution in [-0.4, -0.2) is 20.5 Å². The zero-order valence-electron chi connectivity index (χ0n) is 13.2. The Morgan fingerprint density at radius 3 is 2.83 bits per heavy atom. The van der Waals surface area contributed by atoms with E-state index in [1.54, 1.807) is 6.26 Å². The fourth-order valence-corrected chi connectivity index (χ4v) is 3.48. The number of rotatable bonds is 5. The molecule has 0 aliphatic heterocycles. The number of nitrogens with zero attached hydrogens (tertiary/aromatic N) is 3. The minimum absolute atomic E-state index is 0.149. The minimum Gasteiger partial charge on any atom is -0.469 e. The van der Waals surface area contributed by atoms with Gasteiger partial charge in [-0.25, -0.2) is 4.98 Å². The molecule has 0 aromatic carbocycles. The van der Waals surface area contributed by atoms with E-state index in [9.17, 15) is 10.1 Å². The van der Waals surface area contributed by atoms with Crippen molar-refractivity contribution in [1.82, 2.24) is 9.55 Å². The number of furan rings is 1.